The van der Waals surface area contributed by atoms with Gasteiger partial charge in [-0.1, -0.05) is 51.1 Å². The average molecular weight is 277 g/mol. The molecule has 0 saturated carbocycles. The lowest BCUT2D eigenvalue weighted by Gasteiger charge is -2.28. The highest BCUT2D eigenvalue weighted by Crippen LogP contribution is 2.34. The molecular weight excluding hydrogens is 250 g/mol. The van der Waals surface area contributed by atoms with Gasteiger partial charge in [-0.3, -0.25) is 0 Å². The summed E-state index contributed by atoms with van der Waals surface area (Å²) in [5.41, 5.74) is 1.87. The molecule has 1 heterocycles. The van der Waals surface area contributed by atoms with Crippen LogP contribution >= 0.6 is 12.6 Å². The molecule has 1 fully saturated rings. The predicted molar refractivity (Wildman–Crippen MR) is 87.0 cm³/mol. The van der Waals surface area contributed by atoms with Crippen molar-refractivity contribution in [2.45, 2.75) is 33.1 Å². The smallest absolute Gasteiger partial charge is 0.00582 e. The Morgan fingerprint density at radius 2 is 1.95 bits per heavy atom. The molecule has 2 atom stereocenters. The summed E-state index contributed by atoms with van der Waals surface area (Å²) in [7, 11) is 0. The van der Waals surface area contributed by atoms with Crippen molar-refractivity contribution in [2.24, 2.45) is 11.3 Å². The molecule has 0 spiro atoms. The van der Waals surface area contributed by atoms with Crippen LogP contribution in [0.5, 0.6) is 0 Å². The number of rotatable bonds is 4. The maximum absolute atomic E-state index is 4.55. The van der Waals surface area contributed by atoms with E-state index >= 15 is 0 Å². The molecule has 0 aliphatic carbocycles. The van der Waals surface area contributed by atoms with Crippen LogP contribution in [0.1, 0.15) is 38.7 Å². The molecule has 1 saturated heterocycles. The zero-order valence-electron chi connectivity index (χ0n) is 12.5. The first-order valence-corrected chi connectivity index (χ1v) is 8.02. The largest absolute Gasteiger partial charge is 0.302 e. The van der Waals surface area contributed by atoms with E-state index < -0.39 is 0 Å². The highest BCUT2D eigenvalue weighted by atomic mass is 32.1. The maximum atomic E-state index is 4.55. The van der Waals surface area contributed by atoms with Gasteiger partial charge in [0, 0.05) is 19.0 Å². The van der Waals surface area contributed by atoms with Gasteiger partial charge in [0.15, 0.2) is 0 Å². The third-order valence-corrected chi connectivity index (χ3v) is 4.91. The molecule has 1 nitrogen and oxygen atoms in total. The van der Waals surface area contributed by atoms with Crippen LogP contribution in [0.3, 0.4) is 0 Å². The van der Waals surface area contributed by atoms with E-state index in [4.69, 9.17) is 0 Å². The van der Waals surface area contributed by atoms with Gasteiger partial charge >= 0.3 is 0 Å². The molecule has 0 amide bonds. The number of nitrogens with zero attached hydrogens (tertiary/aromatic N) is 1. The van der Waals surface area contributed by atoms with E-state index in [1.54, 1.807) is 0 Å². The molecule has 106 valence electrons. The van der Waals surface area contributed by atoms with E-state index in [9.17, 15) is 0 Å². The van der Waals surface area contributed by atoms with Gasteiger partial charge in [-0.15, -0.1) is 0 Å². The third kappa shape index (κ3) is 4.00. The molecule has 0 radical (unpaired) electrons. The Bertz CT molecular complexity index is 382. The van der Waals surface area contributed by atoms with Crippen LogP contribution in [0, 0.1) is 11.3 Å². The van der Waals surface area contributed by atoms with Crippen molar-refractivity contribution in [3.05, 3.63) is 35.9 Å². The summed E-state index contributed by atoms with van der Waals surface area (Å²) in [5, 5.41) is 0. The number of benzene rings is 1. The minimum Gasteiger partial charge on any atom is -0.302 e. The van der Waals surface area contributed by atoms with Crippen molar-refractivity contribution >= 4 is 12.6 Å². The molecule has 0 N–H and O–H groups in total. The molecular formula is C17H27NS. The van der Waals surface area contributed by atoms with Crippen LogP contribution in [0.4, 0.5) is 0 Å². The molecule has 1 aliphatic heterocycles. The van der Waals surface area contributed by atoms with E-state index in [0.29, 0.717) is 11.3 Å². The fourth-order valence-electron chi connectivity index (χ4n) is 3.01. The first-order chi connectivity index (χ1) is 9.00. The Hall–Kier alpha value is -0.470. The van der Waals surface area contributed by atoms with E-state index in [1.165, 1.54) is 25.1 Å². The molecule has 0 aromatic heterocycles. The summed E-state index contributed by atoms with van der Waals surface area (Å²) in [6.45, 7) is 10.8. The highest BCUT2D eigenvalue weighted by molar-refractivity contribution is 7.80. The highest BCUT2D eigenvalue weighted by Gasteiger charge is 2.32. The Labute approximate surface area is 123 Å². The summed E-state index contributed by atoms with van der Waals surface area (Å²) in [4.78, 5) is 2.63. The number of thiol groups is 1. The van der Waals surface area contributed by atoms with Crippen LogP contribution in [0.15, 0.2) is 30.3 Å². The predicted octanol–water partition coefficient (Wildman–Crippen LogP) is 4.07. The summed E-state index contributed by atoms with van der Waals surface area (Å²) in [6, 6.07) is 10.8. The monoisotopic (exact) mass is 277 g/mol. The molecule has 19 heavy (non-hydrogen) atoms. The summed E-state index contributed by atoms with van der Waals surface area (Å²) >= 11 is 4.55. The molecule has 2 unspecified atom stereocenters. The quantitative estimate of drug-likeness (QED) is 0.812. The lowest BCUT2D eigenvalue weighted by atomic mass is 9.80. The summed E-state index contributed by atoms with van der Waals surface area (Å²) < 4.78 is 0. The molecule has 1 aromatic carbocycles. The second kappa shape index (κ2) is 6.32. The summed E-state index contributed by atoms with van der Waals surface area (Å²) in [6.07, 6.45) is 1.34. The third-order valence-electron chi connectivity index (χ3n) is 4.47. The number of likely N-dealkylation sites (tertiary alicyclic amines) is 1. The van der Waals surface area contributed by atoms with Gasteiger partial charge in [-0.05, 0) is 35.6 Å². The zero-order chi connectivity index (χ0) is 13.9. The van der Waals surface area contributed by atoms with Crippen LogP contribution in [0.25, 0.3) is 0 Å². The maximum Gasteiger partial charge on any atom is 0.00582 e. The fourth-order valence-corrected chi connectivity index (χ4v) is 3.34. The number of hydrogen-bond donors (Lipinski definition) is 1. The first kappa shape index (κ1) is 14.9. The minimum absolute atomic E-state index is 0.442. The number of hydrogen-bond acceptors (Lipinski definition) is 2. The second-order valence-corrected chi connectivity index (χ2v) is 7.27. The fraction of sp³-hybridized carbons (Fsp3) is 0.647. The average Bonchev–Trinajstić information content (AvgIpc) is 2.85. The lowest BCUT2D eigenvalue weighted by Crippen LogP contribution is -2.30. The lowest BCUT2D eigenvalue weighted by molar-refractivity contribution is 0.226. The SMILES string of the molecule is CC(C)(C)C1CCN(CC(CS)c2ccccc2)C1. The van der Waals surface area contributed by atoms with Gasteiger partial charge in [-0.25, -0.2) is 0 Å². The van der Waals surface area contributed by atoms with Crippen LogP contribution in [0.2, 0.25) is 0 Å². The second-order valence-electron chi connectivity index (χ2n) is 6.90. The standard InChI is InChI=1S/C17H27NS/c1-17(2,3)16-9-10-18(12-16)11-15(13-19)14-7-5-4-6-8-14/h4-8,15-16,19H,9-13H2,1-3H3. The Morgan fingerprint density at radius 1 is 1.26 bits per heavy atom. The van der Waals surface area contributed by atoms with Crippen molar-refractivity contribution in [2.75, 3.05) is 25.4 Å². The Kier molecular flexibility index (Phi) is 4.97. The van der Waals surface area contributed by atoms with Gasteiger partial charge in [-0.2, -0.15) is 12.6 Å². The topological polar surface area (TPSA) is 3.24 Å². The van der Waals surface area contributed by atoms with Crippen molar-refractivity contribution in [3.63, 3.8) is 0 Å². The Balaban J connectivity index is 1.94. The van der Waals surface area contributed by atoms with Crippen molar-refractivity contribution < 1.29 is 0 Å². The van der Waals surface area contributed by atoms with Gasteiger partial charge in [0.05, 0.1) is 0 Å². The van der Waals surface area contributed by atoms with Crippen molar-refractivity contribution in [1.82, 2.24) is 4.90 Å². The Morgan fingerprint density at radius 3 is 2.47 bits per heavy atom. The first-order valence-electron chi connectivity index (χ1n) is 7.39. The normalized spacial score (nSPS) is 22.6. The van der Waals surface area contributed by atoms with Crippen molar-refractivity contribution in [1.29, 1.82) is 0 Å². The van der Waals surface area contributed by atoms with Gasteiger partial charge in [0.2, 0.25) is 0 Å². The van der Waals surface area contributed by atoms with Crippen LogP contribution < -0.4 is 0 Å². The van der Waals surface area contributed by atoms with Crippen molar-refractivity contribution in [3.8, 4) is 0 Å². The summed E-state index contributed by atoms with van der Waals surface area (Å²) in [5.74, 6) is 2.33. The van der Waals surface area contributed by atoms with Crippen LogP contribution in [-0.2, 0) is 0 Å². The molecule has 2 heteroatoms. The van der Waals surface area contributed by atoms with E-state index in [2.05, 4.69) is 68.6 Å². The minimum atomic E-state index is 0.442. The van der Waals surface area contributed by atoms with Gasteiger partial charge < -0.3 is 4.90 Å². The molecule has 1 aromatic rings. The molecule has 1 aliphatic rings. The van der Waals surface area contributed by atoms with Gasteiger partial charge in [0.25, 0.3) is 0 Å². The molecule has 0 bridgehead atoms. The zero-order valence-corrected chi connectivity index (χ0v) is 13.4. The van der Waals surface area contributed by atoms with E-state index in [0.717, 1.165) is 18.2 Å². The van der Waals surface area contributed by atoms with Crippen LogP contribution in [-0.4, -0.2) is 30.3 Å². The molecule has 2 rings (SSSR count). The van der Waals surface area contributed by atoms with Gasteiger partial charge in [0.1, 0.15) is 0 Å². The van der Waals surface area contributed by atoms with E-state index in [1.807, 2.05) is 0 Å². The van der Waals surface area contributed by atoms with E-state index in [-0.39, 0.29) is 0 Å².